The van der Waals surface area contributed by atoms with Crippen LogP contribution in [0.2, 0.25) is 0 Å². The van der Waals surface area contributed by atoms with E-state index >= 15 is 0 Å². The van der Waals surface area contributed by atoms with Gasteiger partial charge in [-0.3, -0.25) is 9.59 Å². The van der Waals surface area contributed by atoms with Crippen LogP contribution >= 0.6 is 24.8 Å². The van der Waals surface area contributed by atoms with Crippen molar-refractivity contribution in [1.29, 1.82) is 0 Å². The van der Waals surface area contributed by atoms with Crippen LogP contribution in [0.3, 0.4) is 0 Å². The molecule has 2 rings (SSSR count). The summed E-state index contributed by atoms with van der Waals surface area (Å²) < 4.78 is 0. The van der Waals surface area contributed by atoms with Crippen LogP contribution in [0.25, 0.3) is 0 Å². The van der Waals surface area contributed by atoms with E-state index in [1.807, 2.05) is 0 Å². The highest BCUT2D eigenvalue weighted by atomic mass is 35.5. The molecule has 1 fully saturated rings. The van der Waals surface area contributed by atoms with Crippen molar-refractivity contribution >= 4 is 42.4 Å². The summed E-state index contributed by atoms with van der Waals surface area (Å²) in [6, 6.07) is 0. The highest BCUT2D eigenvalue weighted by Gasteiger charge is 2.27. The van der Waals surface area contributed by atoms with Gasteiger partial charge in [0.2, 0.25) is 5.91 Å². The summed E-state index contributed by atoms with van der Waals surface area (Å²) in [4.78, 5) is 32.4. The number of halogens is 2. The van der Waals surface area contributed by atoms with Crippen LogP contribution in [0.1, 0.15) is 31.3 Å². The summed E-state index contributed by atoms with van der Waals surface area (Å²) >= 11 is 0. The average Bonchev–Trinajstić information content (AvgIpc) is 2.89. The molecule has 25 heavy (non-hydrogen) atoms. The van der Waals surface area contributed by atoms with Crippen LogP contribution in [0.15, 0.2) is 12.4 Å². The molecule has 2 unspecified atom stereocenters. The Balaban J connectivity index is 0.00000288. The van der Waals surface area contributed by atoms with Crippen molar-refractivity contribution in [3.63, 3.8) is 0 Å². The van der Waals surface area contributed by atoms with Gasteiger partial charge in [0.05, 0.1) is 6.10 Å². The summed E-state index contributed by atoms with van der Waals surface area (Å²) in [6.07, 6.45) is 2.34. The van der Waals surface area contributed by atoms with Gasteiger partial charge < -0.3 is 21.1 Å². The second kappa shape index (κ2) is 9.86. The Hall–Kier alpha value is -1.48. The zero-order valence-electron chi connectivity index (χ0n) is 14.4. The lowest BCUT2D eigenvalue weighted by molar-refractivity contribution is -0.123. The maximum Gasteiger partial charge on any atom is 0.273 e. The second-order valence-electron chi connectivity index (χ2n) is 6.65. The Morgan fingerprint density at radius 2 is 1.88 bits per heavy atom. The molecule has 2 heterocycles. The lowest BCUT2D eigenvalue weighted by Gasteiger charge is -2.18. The predicted octanol–water partition coefficient (Wildman–Crippen LogP) is 0.615. The molecule has 1 aromatic rings. The number of aliphatic hydroxyl groups is 1. The first-order valence-corrected chi connectivity index (χ1v) is 7.58. The van der Waals surface area contributed by atoms with Gasteiger partial charge in [-0.15, -0.1) is 24.8 Å². The lowest BCUT2D eigenvalue weighted by atomic mass is 9.96. The molecule has 10 heteroatoms. The number of rotatable bonds is 4. The molecule has 1 aromatic heterocycles. The Bertz CT molecular complexity index is 595. The molecule has 4 N–H and O–H groups in total. The van der Waals surface area contributed by atoms with Crippen molar-refractivity contribution in [3.8, 4) is 0 Å². The van der Waals surface area contributed by atoms with Gasteiger partial charge in [0.15, 0.2) is 11.5 Å². The van der Waals surface area contributed by atoms with Crippen molar-refractivity contribution in [2.24, 2.45) is 11.3 Å². The maximum atomic E-state index is 12.3. The van der Waals surface area contributed by atoms with Crippen LogP contribution in [-0.4, -0.2) is 52.6 Å². The average molecular weight is 394 g/mol. The Labute approximate surface area is 159 Å². The molecular formula is C15H25Cl2N5O3. The normalized spacial score (nSPS) is 19.4. The third-order valence-corrected chi connectivity index (χ3v) is 3.66. The fourth-order valence-electron chi connectivity index (χ4n) is 2.13. The number of aliphatic hydroxyl groups excluding tert-OH is 1. The summed E-state index contributed by atoms with van der Waals surface area (Å²) in [5.41, 5.74) is -0.546. The minimum absolute atomic E-state index is 0. The number of aromatic nitrogens is 2. The second-order valence-corrected chi connectivity index (χ2v) is 6.65. The number of anilines is 1. The zero-order valence-corrected chi connectivity index (χ0v) is 16.0. The number of β-amino-alcohol motifs (C(OH)–C–C–N with tert-alkyl or cyclic N) is 1. The molecule has 1 aliphatic heterocycles. The molecule has 0 spiro atoms. The van der Waals surface area contributed by atoms with E-state index in [1.165, 1.54) is 12.4 Å². The standard InChI is InChI=1S/C15H23N5O3.2ClH/c1-15(2,3)14(23)20-12-11(17-4-5-18-12)13(22)19-7-9-6-16-8-10(9)21;;/h4-5,9-10,16,21H,6-8H2,1-3H3,(H,19,22)(H,18,20,23);2*1H. The summed E-state index contributed by atoms with van der Waals surface area (Å²) in [5, 5.41) is 18.2. The first-order chi connectivity index (χ1) is 10.8. The van der Waals surface area contributed by atoms with E-state index < -0.39 is 17.4 Å². The molecule has 0 saturated carbocycles. The SMILES string of the molecule is CC(C)(C)C(=O)Nc1nccnc1C(=O)NCC1CNCC1O.Cl.Cl. The van der Waals surface area contributed by atoms with Gasteiger partial charge in [0.25, 0.3) is 5.91 Å². The Morgan fingerprint density at radius 3 is 2.44 bits per heavy atom. The van der Waals surface area contributed by atoms with E-state index in [2.05, 4.69) is 25.9 Å². The maximum absolute atomic E-state index is 12.3. The molecule has 0 radical (unpaired) electrons. The van der Waals surface area contributed by atoms with Gasteiger partial charge in [-0.25, -0.2) is 9.97 Å². The van der Waals surface area contributed by atoms with Crippen molar-refractivity contribution in [2.45, 2.75) is 26.9 Å². The topological polar surface area (TPSA) is 116 Å². The van der Waals surface area contributed by atoms with Crippen LogP contribution in [0.4, 0.5) is 5.82 Å². The summed E-state index contributed by atoms with van der Waals surface area (Å²) in [6.45, 7) is 6.82. The third-order valence-electron chi connectivity index (χ3n) is 3.66. The third kappa shape index (κ3) is 6.39. The van der Waals surface area contributed by atoms with Gasteiger partial charge in [0.1, 0.15) is 0 Å². The molecule has 0 bridgehead atoms. The first kappa shape index (κ1) is 23.5. The van der Waals surface area contributed by atoms with E-state index in [4.69, 9.17) is 0 Å². The van der Waals surface area contributed by atoms with Crippen molar-refractivity contribution in [3.05, 3.63) is 18.1 Å². The Kier molecular flexibility index (Phi) is 9.28. The van der Waals surface area contributed by atoms with E-state index in [9.17, 15) is 14.7 Å². The van der Waals surface area contributed by atoms with Gasteiger partial charge in [0, 0.05) is 43.4 Å². The van der Waals surface area contributed by atoms with Crippen LogP contribution in [-0.2, 0) is 4.79 Å². The molecule has 0 aromatic carbocycles. The fraction of sp³-hybridized carbons (Fsp3) is 0.600. The molecule has 2 amide bonds. The smallest absolute Gasteiger partial charge is 0.273 e. The molecule has 1 saturated heterocycles. The number of amides is 2. The van der Waals surface area contributed by atoms with Crippen molar-refractivity contribution in [2.75, 3.05) is 25.0 Å². The monoisotopic (exact) mass is 393 g/mol. The first-order valence-electron chi connectivity index (χ1n) is 7.58. The van der Waals surface area contributed by atoms with Gasteiger partial charge in [-0.1, -0.05) is 20.8 Å². The van der Waals surface area contributed by atoms with Gasteiger partial charge in [-0.05, 0) is 0 Å². The van der Waals surface area contributed by atoms with Crippen LogP contribution in [0, 0.1) is 11.3 Å². The predicted molar refractivity (Wildman–Crippen MR) is 99.3 cm³/mol. The molecule has 8 nitrogen and oxygen atoms in total. The molecule has 142 valence electrons. The van der Waals surface area contributed by atoms with E-state index in [-0.39, 0.29) is 48.2 Å². The van der Waals surface area contributed by atoms with Crippen molar-refractivity contribution < 1.29 is 14.7 Å². The van der Waals surface area contributed by atoms with E-state index in [0.29, 0.717) is 19.6 Å². The number of carbonyl (C=O) groups excluding carboxylic acids is 2. The highest BCUT2D eigenvalue weighted by molar-refractivity contribution is 6.02. The fourth-order valence-corrected chi connectivity index (χ4v) is 2.13. The lowest BCUT2D eigenvalue weighted by Crippen LogP contribution is -2.36. The molecule has 2 atom stereocenters. The minimum atomic E-state index is -0.606. The number of nitrogens with one attached hydrogen (secondary N) is 3. The molecule has 0 aliphatic carbocycles. The molecular weight excluding hydrogens is 369 g/mol. The van der Waals surface area contributed by atoms with E-state index in [1.54, 1.807) is 20.8 Å². The van der Waals surface area contributed by atoms with Crippen LogP contribution < -0.4 is 16.0 Å². The van der Waals surface area contributed by atoms with Gasteiger partial charge in [-0.2, -0.15) is 0 Å². The van der Waals surface area contributed by atoms with Crippen molar-refractivity contribution in [1.82, 2.24) is 20.6 Å². The number of hydrogen-bond donors (Lipinski definition) is 4. The summed E-state index contributed by atoms with van der Waals surface area (Å²) in [5.74, 6) is -0.581. The summed E-state index contributed by atoms with van der Waals surface area (Å²) in [7, 11) is 0. The van der Waals surface area contributed by atoms with Gasteiger partial charge >= 0.3 is 0 Å². The number of hydrogen-bond acceptors (Lipinski definition) is 6. The van der Waals surface area contributed by atoms with Crippen LogP contribution in [0.5, 0.6) is 0 Å². The zero-order chi connectivity index (χ0) is 17.0. The largest absolute Gasteiger partial charge is 0.391 e. The van der Waals surface area contributed by atoms with E-state index in [0.717, 1.165) is 0 Å². The highest BCUT2D eigenvalue weighted by Crippen LogP contribution is 2.17. The number of carbonyl (C=O) groups is 2. The number of nitrogens with zero attached hydrogens (tertiary/aromatic N) is 2. The minimum Gasteiger partial charge on any atom is -0.391 e. The Morgan fingerprint density at radius 1 is 1.24 bits per heavy atom. The molecule has 1 aliphatic rings. The quantitative estimate of drug-likeness (QED) is 0.595.